The molecule has 0 aromatic heterocycles. The van der Waals surface area contributed by atoms with Gasteiger partial charge in [-0.15, -0.1) is 0 Å². The van der Waals surface area contributed by atoms with E-state index < -0.39 is 23.7 Å². The van der Waals surface area contributed by atoms with E-state index in [9.17, 15) is 19.2 Å². The van der Waals surface area contributed by atoms with Crippen LogP contribution < -0.4 is 4.90 Å². The van der Waals surface area contributed by atoms with Gasteiger partial charge in [-0.25, -0.2) is 0 Å². The smallest absolute Gasteiger partial charge is 0.238 e. The first kappa shape index (κ1) is 13.6. The summed E-state index contributed by atoms with van der Waals surface area (Å²) in [5.41, 5.74) is 0.438. The number of carbonyl (C=O) groups excluding carboxylic acids is 4. The molecule has 4 unspecified atom stereocenters. The standard InChI is InChI=1S/C16H12ClNO4/c17-7-1-3-8(4-2-7)18-15(21)13-9-5-11(19)10(6-12(9)20)14(13)16(18)22/h1-4,9-10,13-14H,5-6H2. The van der Waals surface area contributed by atoms with Crippen LogP contribution in [0.2, 0.25) is 5.02 Å². The highest BCUT2D eigenvalue weighted by Gasteiger charge is 2.63. The molecule has 2 bridgehead atoms. The van der Waals surface area contributed by atoms with Crippen molar-refractivity contribution in [3.63, 3.8) is 0 Å². The molecule has 1 aliphatic heterocycles. The van der Waals surface area contributed by atoms with Crippen molar-refractivity contribution in [2.24, 2.45) is 23.7 Å². The Balaban J connectivity index is 1.78. The summed E-state index contributed by atoms with van der Waals surface area (Å²) in [7, 11) is 0. The second-order valence-electron chi connectivity index (χ2n) is 6.09. The minimum Gasteiger partial charge on any atom is -0.299 e. The molecule has 5 rings (SSSR count). The van der Waals surface area contributed by atoms with Gasteiger partial charge in [0.25, 0.3) is 0 Å². The molecule has 22 heavy (non-hydrogen) atoms. The van der Waals surface area contributed by atoms with Crippen LogP contribution in [-0.4, -0.2) is 23.4 Å². The van der Waals surface area contributed by atoms with Crippen LogP contribution in [0.1, 0.15) is 12.8 Å². The molecule has 4 aliphatic rings. The number of fused-ring (bicyclic) bond motifs is 2. The normalized spacial score (nSPS) is 33.6. The molecular formula is C16H12ClNO4. The lowest BCUT2D eigenvalue weighted by Crippen LogP contribution is -2.51. The van der Waals surface area contributed by atoms with Crippen LogP contribution in [0.3, 0.4) is 0 Å². The lowest BCUT2D eigenvalue weighted by atomic mass is 9.58. The third kappa shape index (κ3) is 1.66. The van der Waals surface area contributed by atoms with E-state index in [1.165, 1.54) is 0 Å². The van der Waals surface area contributed by atoms with Crippen LogP contribution >= 0.6 is 11.6 Å². The third-order valence-electron chi connectivity index (χ3n) is 5.02. The van der Waals surface area contributed by atoms with E-state index in [2.05, 4.69) is 0 Å². The molecule has 112 valence electrons. The van der Waals surface area contributed by atoms with E-state index >= 15 is 0 Å². The van der Waals surface area contributed by atoms with E-state index in [1.54, 1.807) is 24.3 Å². The SMILES string of the molecule is O=C1CC2C(=O)CC1C1C(=O)N(c3ccc(Cl)cc3)C(=O)C21. The monoisotopic (exact) mass is 317 g/mol. The largest absolute Gasteiger partial charge is 0.299 e. The zero-order chi connectivity index (χ0) is 15.6. The Morgan fingerprint density at radius 3 is 1.73 bits per heavy atom. The minimum atomic E-state index is -0.674. The number of benzene rings is 1. The molecule has 1 aromatic carbocycles. The second kappa shape index (κ2) is 4.49. The van der Waals surface area contributed by atoms with Crippen molar-refractivity contribution in [3.05, 3.63) is 29.3 Å². The Hall–Kier alpha value is -2.01. The highest BCUT2D eigenvalue weighted by atomic mass is 35.5. The van der Waals surface area contributed by atoms with Crippen molar-refractivity contribution in [1.29, 1.82) is 0 Å². The predicted octanol–water partition coefficient (Wildman–Crippen LogP) is 1.62. The van der Waals surface area contributed by atoms with E-state index in [1.807, 2.05) is 0 Å². The van der Waals surface area contributed by atoms with Crippen molar-refractivity contribution < 1.29 is 19.2 Å². The van der Waals surface area contributed by atoms with Crippen molar-refractivity contribution in [2.45, 2.75) is 12.8 Å². The van der Waals surface area contributed by atoms with Crippen LogP contribution in [0.4, 0.5) is 5.69 Å². The molecule has 2 amide bonds. The lowest BCUT2D eigenvalue weighted by molar-refractivity contribution is -0.153. The van der Waals surface area contributed by atoms with E-state index in [0.717, 1.165) is 4.90 Å². The number of carbonyl (C=O) groups is 4. The van der Waals surface area contributed by atoms with Crippen LogP contribution in [0.15, 0.2) is 24.3 Å². The summed E-state index contributed by atoms with van der Waals surface area (Å²) in [5.74, 6) is -3.47. The summed E-state index contributed by atoms with van der Waals surface area (Å²) < 4.78 is 0. The summed E-state index contributed by atoms with van der Waals surface area (Å²) in [4.78, 5) is 50.6. The molecule has 0 N–H and O–H groups in total. The Morgan fingerprint density at radius 1 is 0.818 bits per heavy atom. The predicted molar refractivity (Wildman–Crippen MR) is 77.2 cm³/mol. The molecule has 5 nitrogen and oxygen atoms in total. The molecule has 1 aromatic rings. The highest BCUT2D eigenvalue weighted by Crippen LogP contribution is 2.50. The van der Waals surface area contributed by atoms with E-state index in [4.69, 9.17) is 11.6 Å². The van der Waals surface area contributed by atoms with E-state index in [-0.39, 0.29) is 36.2 Å². The zero-order valence-electron chi connectivity index (χ0n) is 11.5. The van der Waals surface area contributed by atoms with Gasteiger partial charge in [-0.1, -0.05) is 11.6 Å². The first-order valence-corrected chi connectivity index (χ1v) is 7.55. The number of nitrogens with zero attached hydrogens (tertiary/aromatic N) is 1. The van der Waals surface area contributed by atoms with Gasteiger partial charge in [0.05, 0.1) is 17.5 Å². The Kier molecular flexibility index (Phi) is 2.78. The molecule has 3 saturated carbocycles. The van der Waals surface area contributed by atoms with Gasteiger partial charge in [-0.2, -0.15) is 0 Å². The van der Waals surface area contributed by atoms with Gasteiger partial charge in [-0.3, -0.25) is 24.1 Å². The Bertz CT molecular complexity index is 686. The number of Topliss-reactive ketones (excluding diaryl/α,β-unsaturated/α-hetero) is 2. The molecule has 6 heteroatoms. The van der Waals surface area contributed by atoms with Gasteiger partial charge < -0.3 is 0 Å². The zero-order valence-corrected chi connectivity index (χ0v) is 12.2. The Morgan fingerprint density at radius 2 is 1.27 bits per heavy atom. The molecule has 3 aliphatic carbocycles. The minimum absolute atomic E-state index is 0.0649. The fourth-order valence-electron chi connectivity index (χ4n) is 4.02. The third-order valence-corrected chi connectivity index (χ3v) is 5.27. The van der Waals surface area contributed by atoms with Gasteiger partial charge in [0, 0.05) is 29.7 Å². The lowest BCUT2D eigenvalue weighted by Gasteiger charge is -2.40. The van der Waals surface area contributed by atoms with Crippen LogP contribution in [0, 0.1) is 23.7 Å². The topological polar surface area (TPSA) is 71.5 Å². The number of hydrogen-bond donors (Lipinski definition) is 0. The number of rotatable bonds is 1. The van der Waals surface area contributed by atoms with Gasteiger partial charge >= 0.3 is 0 Å². The van der Waals surface area contributed by atoms with Crippen LogP contribution in [0.5, 0.6) is 0 Å². The van der Waals surface area contributed by atoms with Crippen LogP contribution in [0.25, 0.3) is 0 Å². The first-order chi connectivity index (χ1) is 10.5. The fraction of sp³-hybridized carbons (Fsp3) is 0.375. The van der Waals surface area contributed by atoms with Gasteiger partial charge in [0.1, 0.15) is 11.6 Å². The molecule has 4 fully saturated rings. The molecule has 1 heterocycles. The van der Waals surface area contributed by atoms with Gasteiger partial charge in [0.15, 0.2) is 0 Å². The number of hydrogen-bond acceptors (Lipinski definition) is 4. The molecule has 1 saturated heterocycles. The molecule has 0 spiro atoms. The maximum atomic E-state index is 12.7. The summed E-state index contributed by atoms with van der Waals surface area (Å²) in [6.45, 7) is 0. The van der Waals surface area contributed by atoms with Gasteiger partial charge in [-0.05, 0) is 24.3 Å². The number of amides is 2. The quantitative estimate of drug-likeness (QED) is 0.738. The summed E-state index contributed by atoms with van der Waals surface area (Å²) in [6.07, 6.45) is 0.191. The summed E-state index contributed by atoms with van der Waals surface area (Å²) in [5, 5.41) is 0.505. The highest BCUT2D eigenvalue weighted by molar-refractivity contribution is 6.31. The number of halogens is 1. The second-order valence-corrected chi connectivity index (χ2v) is 6.53. The molecular weight excluding hydrogens is 306 g/mol. The fourth-order valence-corrected chi connectivity index (χ4v) is 4.15. The Labute approximate surface area is 131 Å². The average Bonchev–Trinajstić information content (AvgIpc) is 2.75. The van der Waals surface area contributed by atoms with Gasteiger partial charge in [0.2, 0.25) is 11.8 Å². The van der Waals surface area contributed by atoms with Crippen LogP contribution in [-0.2, 0) is 19.2 Å². The summed E-state index contributed by atoms with van der Waals surface area (Å²) >= 11 is 5.83. The molecule has 4 atom stereocenters. The average molecular weight is 318 g/mol. The van der Waals surface area contributed by atoms with Crippen molar-refractivity contribution >= 4 is 40.7 Å². The summed E-state index contributed by atoms with van der Waals surface area (Å²) in [6, 6.07) is 6.40. The van der Waals surface area contributed by atoms with Crippen molar-refractivity contribution in [1.82, 2.24) is 0 Å². The number of imide groups is 1. The number of ketones is 2. The number of anilines is 1. The van der Waals surface area contributed by atoms with Crippen molar-refractivity contribution in [2.75, 3.05) is 4.90 Å². The maximum absolute atomic E-state index is 12.7. The first-order valence-electron chi connectivity index (χ1n) is 7.18. The van der Waals surface area contributed by atoms with E-state index in [0.29, 0.717) is 10.7 Å². The maximum Gasteiger partial charge on any atom is 0.238 e. The molecule has 0 radical (unpaired) electrons. The van der Waals surface area contributed by atoms with Crippen molar-refractivity contribution in [3.8, 4) is 0 Å².